The molecule has 0 spiro atoms. The lowest BCUT2D eigenvalue weighted by atomic mass is 9.93. The Hall–Kier alpha value is -3.14. The van der Waals surface area contributed by atoms with Crippen molar-refractivity contribution >= 4 is 11.6 Å². The summed E-state index contributed by atoms with van der Waals surface area (Å²) < 4.78 is 19.9. The third-order valence-corrected chi connectivity index (χ3v) is 4.98. The van der Waals surface area contributed by atoms with Gasteiger partial charge in [0.15, 0.2) is 0 Å². The lowest BCUT2D eigenvalue weighted by Gasteiger charge is -2.18. The van der Waals surface area contributed by atoms with Crippen LogP contribution >= 0.6 is 0 Å². The Morgan fingerprint density at radius 3 is 2.48 bits per heavy atom. The molecule has 1 heterocycles. The van der Waals surface area contributed by atoms with Gasteiger partial charge < -0.3 is 9.64 Å². The van der Waals surface area contributed by atoms with E-state index in [1.165, 1.54) is 6.07 Å². The molecule has 0 saturated carbocycles. The van der Waals surface area contributed by atoms with Gasteiger partial charge in [0.1, 0.15) is 11.6 Å². The molecule has 3 nitrogen and oxygen atoms in total. The van der Waals surface area contributed by atoms with Crippen LogP contribution in [0.4, 0.5) is 10.1 Å². The van der Waals surface area contributed by atoms with E-state index in [0.717, 1.165) is 22.4 Å². The molecule has 1 amide bonds. The van der Waals surface area contributed by atoms with Crippen LogP contribution in [0, 0.1) is 5.82 Å². The summed E-state index contributed by atoms with van der Waals surface area (Å²) in [6.07, 6.45) is 0.512. The Balaban J connectivity index is 1.69. The van der Waals surface area contributed by atoms with Gasteiger partial charge in [-0.3, -0.25) is 4.79 Å². The first kappa shape index (κ1) is 17.3. The van der Waals surface area contributed by atoms with Crippen LogP contribution < -0.4 is 9.64 Å². The molecule has 4 rings (SSSR count). The molecule has 3 aromatic carbocycles. The predicted molar refractivity (Wildman–Crippen MR) is 103 cm³/mol. The maximum atomic E-state index is 14.6. The molecule has 0 aromatic heterocycles. The second-order valence-corrected chi connectivity index (χ2v) is 6.70. The van der Waals surface area contributed by atoms with Crippen molar-refractivity contribution < 1.29 is 13.9 Å². The van der Waals surface area contributed by atoms with Gasteiger partial charge in [-0.1, -0.05) is 54.6 Å². The van der Waals surface area contributed by atoms with Crippen molar-refractivity contribution in [3.63, 3.8) is 0 Å². The fraction of sp³-hybridized carbons (Fsp3) is 0.174. The van der Waals surface area contributed by atoms with Gasteiger partial charge in [-0.2, -0.15) is 0 Å². The number of amides is 1. The number of benzene rings is 3. The third kappa shape index (κ3) is 3.31. The monoisotopic (exact) mass is 361 g/mol. The molecular formula is C23H20FNO2. The highest BCUT2D eigenvalue weighted by atomic mass is 19.1. The van der Waals surface area contributed by atoms with Crippen molar-refractivity contribution in [1.29, 1.82) is 0 Å². The fourth-order valence-corrected chi connectivity index (χ4v) is 3.68. The highest BCUT2D eigenvalue weighted by molar-refractivity contribution is 6.05. The van der Waals surface area contributed by atoms with Crippen LogP contribution in [-0.4, -0.2) is 13.0 Å². The maximum absolute atomic E-state index is 14.6. The minimum absolute atomic E-state index is 0.0678. The van der Waals surface area contributed by atoms with Crippen molar-refractivity contribution in [3.8, 4) is 5.75 Å². The van der Waals surface area contributed by atoms with E-state index in [-0.39, 0.29) is 11.7 Å². The number of fused-ring (bicyclic) bond motifs is 1. The van der Waals surface area contributed by atoms with Gasteiger partial charge in [-0.15, -0.1) is 0 Å². The Labute approximate surface area is 158 Å². The van der Waals surface area contributed by atoms with Gasteiger partial charge in [-0.25, -0.2) is 4.39 Å². The van der Waals surface area contributed by atoms with Crippen LogP contribution in [0.3, 0.4) is 0 Å². The van der Waals surface area contributed by atoms with Crippen LogP contribution in [0.5, 0.6) is 5.75 Å². The predicted octanol–water partition coefficient (Wildman–Crippen LogP) is 4.71. The van der Waals surface area contributed by atoms with Crippen LogP contribution in [0.2, 0.25) is 0 Å². The lowest BCUT2D eigenvalue weighted by Crippen LogP contribution is -2.29. The first-order chi connectivity index (χ1) is 13.2. The molecular weight excluding hydrogens is 341 g/mol. The lowest BCUT2D eigenvalue weighted by molar-refractivity contribution is -0.119. The summed E-state index contributed by atoms with van der Waals surface area (Å²) in [6, 6.07) is 22.3. The highest BCUT2D eigenvalue weighted by Gasteiger charge is 2.39. The molecule has 0 N–H and O–H groups in total. The van der Waals surface area contributed by atoms with Crippen LogP contribution in [-0.2, 0) is 17.8 Å². The number of nitrogens with zero attached hydrogens (tertiary/aromatic N) is 1. The number of halogens is 1. The molecule has 3 aromatic rings. The number of hydrogen-bond acceptors (Lipinski definition) is 2. The number of methoxy groups -OCH3 is 1. The first-order valence-corrected chi connectivity index (χ1v) is 8.94. The summed E-state index contributed by atoms with van der Waals surface area (Å²) in [6.45, 7) is 0.363. The molecule has 0 saturated heterocycles. The summed E-state index contributed by atoms with van der Waals surface area (Å²) in [5.74, 6) is -0.0724. The number of para-hydroxylation sites is 1. The van der Waals surface area contributed by atoms with Crippen LogP contribution in [0.25, 0.3) is 0 Å². The highest BCUT2D eigenvalue weighted by Crippen LogP contribution is 2.41. The quantitative estimate of drug-likeness (QED) is 0.659. The van der Waals surface area contributed by atoms with E-state index in [1.807, 2.05) is 60.7 Å². The maximum Gasteiger partial charge on any atom is 0.235 e. The molecule has 0 radical (unpaired) electrons. The van der Waals surface area contributed by atoms with Crippen LogP contribution in [0.1, 0.15) is 22.6 Å². The summed E-state index contributed by atoms with van der Waals surface area (Å²) in [7, 11) is 1.62. The van der Waals surface area contributed by atoms with E-state index < -0.39 is 5.92 Å². The van der Waals surface area contributed by atoms with Gasteiger partial charge in [-0.05, 0) is 41.3 Å². The number of ether oxygens (including phenoxy) is 1. The van der Waals surface area contributed by atoms with Crippen molar-refractivity contribution in [1.82, 2.24) is 0 Å². The van der Waals surface area contributed by atoms with Gasteiger partial charge in [0.25, 0.3) is 0 Å². The molecule has 1 atom stereocenters. The number of carbonyl (C=O) groups is 1. The van der Waals surface area contributed by atoms with Gasteiger partial charge in [0.2, 0.25) is 5.91 Å². The second kappa shape index (κ2) is 7.23. The molecule has 136 valence electrons. The molecule has 1 unspecified atom stereocenters. The first-order valence-electron chi connectivity index (χ1n) is 8.94. The van der Waals surface area contributed by atoms with Gasteiger partial charge in [0, 0.05) is 0 Å². The molecule has 0 fully saturated rings. The molecule has 4 heteroatoms. The summed E-state index contributed by atoms with van der Waals surface area (Å²) >= 11 is 0. The van der Waals surface area contributed by atoms with E-state index in [2.05, 4.69) is 0 Å². The standard InChI is InChI=1S/C23H20FNO2/c1-27-18-10-5-9-17(13-18)14-20-19-11-6-12-21(24)22(19)25(23(20)26)15-16-7-3-2-4-8-16/h2-13,20H,14-15H2,1H3. The second-order valence-electron chi connectivity index (χ2n) is 6.70. The van der Waals surface area contributed by atoms with Crippen molar-refractivity contribution in [2.45, 2.75) is 18.9 Å². The van der Waals surface area contributed by atoms with E-state index in [4.69, 9.17) is 4.74 Å². The molecule has 27 heavy (non-hydrogen) atoms. The summed E-state index contributed by atoms with van der Waals surface area (Å²) in [5, 5.41) is 0. The minimum atomic E-state index is -0.397. The Kier molecular flexibility index (Phi) is 4.63. The van der Waals surface area contributed by atoms with Gasteiger partial charge in [0.05, 0.1) is 25.3 Å². The zero-order valence-electron chi connectivity index (χ0n) is 15.1. The molecule has 1 aliphatic rings. The largest absolute Gasteiger partial charge is 0.497 e. The van der Waals surface area contributed by atoms with E-state index in [9.17, 15) is 9.18 Å². The van der Waals surface area contributed by atoms with Crippen LogP contribution in [0.15, 0.2) is 72.8 Å². The average molecular weight is 361 g/mol. The summed E-state index contributed by atoms with van der Waals surface area (Å²) in [4.78, 5) is 14.8. The van der Waals surface area contributed by atoms with Crippen molar-refractivity contribution in [3.05, 3.63) is 95.3 Å². The third-order valence-electron chi connectivity index (χ3n) is 4.98. The zero-order chi connectivity index (χ0) is 18.8. The zero-order valence-corrected chi connectivity index (χ0v) is 15.1. The van der Waals surface area contributed by atoms with Crippen molar-refractivity contribution in [2.75, 3.05) is 12.0 Å². The molecule has 1 aliphatic heterocycles. The number of hydrogen-bond donors (Lipinski definition) is 0. The number of carbonyl (C=O) groups excluding carboxylic acids is 1. The normalized spacial score (nSPS) is 15.7. The number of rotatable bonds is 5. The minimum Gasteiger partial charge on any atom is -0.497 e. The fourth-order valence-electron chi connectivity index (χ4n) is 3.68. The van der Waals surface area contributed by atoms with E-state index in [0.29, 0.717) is 18.7 Å². The number of anilines is 1. The Morgan fingerprint density at radius 1 is 0.963 bits per heavy atom. The average Bonchev–Trinajstić information content (AvgIpc) is 2.96. The van der Waals surface area contributed by atoms with E-state index in [1.54, 1.807) is 18.1 Å². The smallest absolute Gasteiger partial charge is 0.235 e. The molecule has 0 bridgehead atoms. The van der Waals surface area contributed by atoms with Crippen molar-refractivity contribution in [2.24, 2.45) is 0 Å². The van der Waals surface area contributed by atoms with E-state index >= 15 is 0 Å². The molecule has 0 aliphatic carbocycles. The Morgan fingerprint density at radius 2 is 1.70 bits per heavy atom. The SMILES string of the molecule is COc1cccc(CC2C(=O)N(Cc3ccccc3)c3c(F)cccc32)c1. The van der Waals surface area contributed by atoms with Gasteiger partial charge >= 0.3 is 0 Å². The summed E-state index contributed by atoms with van der Waals surface area (Å²) in [5.41, 5.74) is 3.12. The topological polar surface area (TPSA) is 29.5 Å². The Bertz CT molecular complexity index is 971.